The predicted octanol–water partition coefficient (Wildman–Crippen LogP) is 4.48. The van der Waals surface area contributed by atoms with Gasteiger partial charge in [-0.25, -0.2) is 8.42 Å². The summed E-state index contributed by atoms with van der Waals surface area (Å²) in [7, 11) is -3.84. The van der Waals surface area contributed by atoms with Crippen molar-refractivity contribution < 1.29 is 27.5 Å². The lowest BCUT2D eigenvalue weighted by Crippen LogP contribution is -2.54. The SMILES string of the molecule is CC[C@H](C(=O)NC1CCCCC1)N(Cc1ccc(Cl)cc1)C(=O)CN(c1ccc2c(c1)OCO2)S(=O)(=O)CC. The van der Waals surface area contributed by atoms with Crippen LogP contribution in [0.3, 0.4) is 0 Å². The topological polar surface area (TPSA) is 105 Å². The van der Waals surface area contributed by atoms with E-state index < -0.39 is 28.5 Å². The molecule has 1 heterocycles. The highest BCUT2D eigenvalue weighted by Crippen LogP contribution is 2.36. The smallest absolute Gasteiger partial charge is 0.244 e. The van der Waals surface area contributed by atoms with E-state index in [-0.39, 0.29) is 31.0 Å². The van der Waals surface area contributed by atoms with Crippen molar-refractivity contribution in [2.75, 3.05) is 23.4 Å². The van der Waals surface area contributed by atoms with Crippen molar-refractivity contribution in [3.63, 3.8) is 0 Å². The summed E-state index contributed by atoms with van der Waals surface area (Å²) in [5.41, 5.74) is 1.07. The third-order valence-electron chi connectivity index (χ3n) is 7.23. The second-order valence-corrected chi connectivity index (χ2v) is 12.5. The number of anilines is 1. The van der Waals surface area contributed by atoms with Crippen LogP contribution < -0.4 is 19.1 Å². The third kappa shape index (κ3) is 7.16. The molecule has 212 valence electrons. The highest BCUT2D eigenvalue weighted by atomic mass is 35.5. The van der Waals surface area contributed by atoms with Crippen molar-refractivity contribution in [2.24, 2.45) is 0 Å². The predicted molar refractivity (Wildman–Crippen MR) is 150 cm³/mol. The van der Waals surface area contributed by atoms with E-state index in [1.807, 2.05) is 6.92 Å². The summed E-state index contributed by atoms with van der Waals surface area (Å²) in [5, 5.41) is 3.70. The fourth-order valence-corrected chi connectivity index (χ4v) is 6.19. The molecule has 0 radical (unpaired) electrons. The van der Waals surface area contributed by atoms with Crippen LogP contribution in [0.25, 0.3) is 0 Å². The molecule has 0 spiro atoms. The molecule has 1 atom stereocenters. The monoisotopic (exact) mass is 577 g/mol. The van der Waals surface area contributed by atoms with E-state index in [9.17, 15) is 18.0 Å². The number of nitrogens with zero attached hydrogens (tertiary/aromatic N) is 2. The molecule has 0 bridgehead atoms. The summed E-state index contributed by atoms with van der Waals surface area (Å²) in [6.07, 6.45) is 5.50. The molecule has 39 heavy (non-hydrogen) atoms. The summed E-state index contributed by atoms with van der Waals surface area (Å²) in [6, 6.07) is 11.1. The normalized spacial score (nSPS) is 16.0. The van der Waals surface area contributed by atoms with Crippen molar-refractivity contribution in [1.82, 2.24) is 10.2 Å². The van der Waals surface area contributed by atoms with Gasteiger partial charge in [-0.3, -0.25) is 13.9 Å². The van der Waals surface area contributed by atoms with Crippen LogP contribution in [0, 0.1) is 0 Å². The standard InChI is InChI=1S/C28H36ClN3O6S/c1-3-24(28(34)30-22-8-6-5-7-9-22)31(17-20-10-12-21(29)13-11-20)27(33)18-32(39(35,36)4-2)23-14-15-25-26(16-23)38-19-37-25/h10-16,22,24H,3-9,17-19H2,1-2H3,(H,30,34)/t24-/m1/s1. The lowest BCUT2D eigenvalue weighted by molar-refractivity contribution is -0.140. The van der Waals surface area contributed by atoms with Crippen molar-refractivity contribution in [1.29, 1.82) is 0 Å². The van der Waals surface area contributed by atoms with Crippen molar-refractivity contribution in [3.05, 3.63) is 53.1 Å². The minimum absolute atomic E-state index is 0.0431. The number of rotatable bonds is 11. The first-order chi connectivity index (χ1) is 18.7. The summed E-state index contributed by atoms with van der Waals surface area (Å²) in [5.74, 6) is 0.0110. The Morgan fingerprint density at radius 2 is 1.72 bits per heavy atom. The molecule has 1 aliphatic carbocycles. The minimum atomic E-state index is -3.84. The maximum atomic E-state index is 13.9. The molecule has 1 saturated carbocycles. The zero-order valence-electron chi connectivity index (χ0n) is 22.4. The van der Waals surface area contributed by atoms with Gasteiger partial charge in [0.1, 0.15) is 12.6 Å². The van der Waals surface area contributed by atoms with Gasteiger partial charge in [0, 0.05) is 23.7 Å². The van der Waals surface area contributed by atoms with Gasteiger partial charge in [-0.2, -0.15) is 0 Å². The highest BCUT2D eigenvalue weighted by molar-refractivity contribution is 7.92. The van der Waals surface area contributed by atoms with Gasteiger partial charge in [-0.05, 0) is 56.0 Å². The molecule has 11 heteroatoms. The first kappa shape index (κ1) is 29.0. The Morgan fingerprint density at radius 1 is 1.03 bits per heavy atom. The Morgan fingerprint density at radius 3 is 2.38 bits per heavy atom. The Bertz CT molecular complexity index is 1260. The van der Waals surface area contributed by atoms with Crippen LogP contribution in [0.1, 0.15) is 57.9 Å². The molecule has 1 N–H and O–H groups in total. The van der Waals surface area contributed by atoms with E-state index in [0.717, 1.165) is 42.0 Å². The highest BCUT2D eigenvalue weighted by Gasteiger charge is 2.34. The number of hydrogen-bond donors (Lipinski definition) is 1. The van der Waals surface area contributed by atoms with Gasteiger partial charge in [-0.15, -0.1) is 0 Å². The maximum Gasteiger partial charge on any atom is 0.244 e. The summed E-state index contributed by atoms with van der Waals surface area (Å²) in [6.45, 7) is 3.09. The van der Waals surface area contributed by atoms with Gasteiger partial charge in [0.15, 0.2) is 11.5 Å². The first-order valence-corrected chi connectivity index (χ1v) is 15.4. The summed E-state index contributed by atoms with van der Waals surface area (Å²) >= 11 is 6.07. The maximum absolute atomic E-state index is 13.9. The molecule has 9 nitrogen and oxygen atoms in total. The zero-order chi connectivity index (χ0) is 28.0. The summed E-state index contributed by atoms with van der Waals surface area (Å²) in [4.78, 5) is 28.9. The minimum Gasteiger partial charge on any atom is -0.454 e. The van der Waals surface area contributed by atoms with Crippen molar-refractivity contribution >= 4 is 39.1 Å². The molecule has 2 aromatic carbocycles. The number of ether oxygens (including phenoxy) is 2. The number of carbonyl (C=O) groups is 2. The van der Waals surface area contributed by atoms with E-state index in [2.05, 4.69) is 5.32 Å². The molecule has 0 saturated heterocycles. The van der Waals surface area contributed by atoms with Gasteiger partial charge in [0.05, 0.1) is 11.4 Å². The van der Waals surface area contributed by atoms with Crippen LogP contribution in [-0.2, 0) is 26.2 Å². The number of fused-ring (bicyclic) bond motifs is 1. The molecule has 0 aromatic heterocycles. The van der Waals surface area contributed by atoms with Crippen LogP contribution in [0.5, 0.6) is 11.5 Å². The van der Waals surface area contributed by atoms with E-state index in [1.54, 1.807) is 42.5 Å². The number of amides is 2. The van der Waals surface area contributed by atoms with Crippen LogP contribution in [0.2, 0.25) is 5.02 Å². The Hall–Kier alpha value is -2.98. The molecule has 4 rings (SSSR count). The van der Waals surface area contributed by atoms with E-state index in [0.29, 0.717) is 28.6 Å². The number of halogens is 1. The van der Waals surface area contributed by atoms with Crippen LogP contribution in [-0.4, -0.2) is 56.3 Å². The van der Waals surface area contributed by atoms with Crippen molar-refractivity contribution in [2.45, 2.75) is 71.0 Å². The second-order valence-electron chi connectivity index (χ2n) is 9.86. The van der Waals surface area contributed by atoms with Crippen LogP contribution >= 0.6 is 11.6 Å². The average molecular weight is 578 g/mol. The lowest BCUT2D eigenvalue weighted by Gasteiger charge is -2.34. The number of benzene rings is 2. The van der Waals surface area contributed by atoms with E-state index in [1.165, 1.54) is 11.8 Å². The molecule has 1 aliphatic heterocycles. The molecular weight excluding hydrogens is 542 g/mol. The average Bonchev–Trinajstić information content (AvgIpc) is 3.41. The molecule has 0 unspecified atom stereocenters. The molecular formula is C28H36ClN3O6S. The van der Waals surface area contributed by atoms with E-state index >= 15 is 0 Å². The second kappa shape index (κ2) is 12.9. The number of nitrogens with one attached hydrogen (secondary N) is 1. The molecule has 2 amide bonds. The van der Waals surface area contributed by atoms with Crippen molar-refractivity contribution in [3.8, 4) is 11.5 Å². The number of sulfonamides is 1. The Kier molecular flexibility index (Phi) is 9.61. The zero-order valence-corrected chi connectivity index (χ0v) is 24.0. The third-order valence-corrected chi connectivity index (χ3v) is 9.22. The fourth-order valence-electron chi connectivity index (χ4n) is 5.01. The summed E-state index contributed by atoms with van der Waals surface area (Å²) < 4.78 is 38.2. The molecule has 2 aromatic rings. The fraction of sp³-hybridized carbons (Fsp3) is 0.500. The van der Waals surface area contributed by atoms with Crippen LogP contribution in [0.4, 0.5) is 5.69 Å². The Balaban J connectivity index is 1.63. The van der Waals surface area contributed by atoms with Gasteiger partial charge < -0.3 is 19.7 Å². The van der Waals surface area contributed by atoms with Crippen LogP contribution in [0.15, 0.2) is 42.5 Å². The van der Waals surface area contributed by atoms with Gasteiger partial charge in [0.2, 0.25) is 28.6 Å². The molecule has 2 aliphatic rings. The van der Waals surface area contributed by atoms with Gasteiger partial charge in [0.25, 0.3) is 0 Å². The van der Waals surface area contributed by atoms with E-state index in [4.69, 9.17) is 21.1 Å². The Labute approximate surface area is 235 Å². The largest absolute Gasteiger partial charge is 0.454 e. The molecule has 1 fully saturated rings. The van der Waals surface area contributed by atoms with Gasteiger partial charge >= 0.3 is 0 Å². The number of carbonyl (C=O) groups excluding carboxylic acids is 2. The van der Waals surface area contributed by atoms with Gasteiger partial charge in [-0.1, -0.05) is 49.9 Å². The number of hydrogen-bond acceptors (Lipinski definition) is 6. The quantitative estimate of drug-likeness (QED) is 0.422. The first-order valence-electron chi connectivity index (χ1n) is 13.5. The lowest BCUT2D eigenvalue weighted by atomic mass is 9.95.